The van der Waals surface area contributed by atoms with Crippen molar-refractivity contribution in [3.05, 3.63) is 34.1 Å². The Labute approximate surface area is 122 Å². The van der Waals surface area contributed by atoms with Crippen LogP contribution in [0.3, 0.4) is 0 Å². The molecule has 0 radical (unpaired) electrons. The van der Waals surface area contributed by atoms with E-state index in [1.54, 1.807) is 12.1 Å². The quantitative estimate of drug-likeness (QED) is 0.739. The van der Waals surface area contributed by atoms with Crippen LogP contribution in [0.2, 0.25) is 0 Å². The van der Waals surface area contributed by atoms with Gasteiger partial charge in [0.05, 0.1) is 16.6 Å². The molecule has 0 aliphatic rings. The molecule has 1 aromatic carbocycles. The number of carbonyl (C=O) groups excluding carboxylic acids is 1. The highest BCUT2D eigenvalue weighted by molar-refractivity contribution is 9.10. The fourth-order valence-corrected chi connectivity index (χ4v) is 2.13. The SMILES string of the molecule is O=C(O)CSCCNC(=O)Cc1ccc(Br)c(F)c1. The molecule has 0 unspecified atom stereocenters. The first-order valence-corrected chi connectivity index (χ1v) is 7.44. The summed E-state index contributed by atoms with van der Waals surface area (Å²) < 4.78 is 13.6. The third-order valence-corrected chi connectivity index (χ3v) is 3.73. The lowest BCUT2D eigenvalue weighted by Gasteiger charge is -2.05. The lowest BCUT2D eigenvalue weighted by atomic mass is 10.1. The van der Waals surface area contributed by atoms with Crippen LogP contribution in [0.1, 0.15) is 5.56 Å². The largest absolute Gasteiger partial charge is 0.481 e. The molecule has 4 nitrogen and oxygen atoms in total. The van der Waals surface area contributed by atoms with Gasteiger partial charge in [-0.3, -0.25) is 9.59 Å². The molecule has 1 rings (SSSR count). The number of benzene rings is 1. The number of aliphatic carboxylic acids is 1. The van der Waals surface area contributed by atoms with E-state index < -0.39 is 11.8 Å². The molecular weight excluding hydrogens is 337 g/mol. The number of hydrogen-bond acceptors (Lipinski definition) is 3. The number of carboxylic acid groups (broad SMARTS) is 1. The third kappa shape index (κ3) is 6.58. The van der Waals surface area contributed by atoms with Crippen molar-refractivity contribution < 1.29 is 19.1 Å². The van der Waals surface area contributed by atoms with Gasteiger partial charge in [-0.15, -0.1) is 11.8 Å². The number of thioether (sulfide) groups is 1. The fraction of sp³-hybridized carbons (Fsp3) is 0.333. The highest BCUT2D eigenvalue weighted by Crippen LogP contribution is 2.16. The fourth-order valence-electron chi connectivity index (χ4n) is 1.32. The summed E-state index contributed by atoms with van der Waals surface area (Å²) in [6.45, 7) is 0.399. The predicted octanol–water partition coefficient (Wildman–Crippen LogP) is 2.06. The molecule has 0 fully saturated rings. The number of carboxylic acids is 1. The Hall–Kier alpha value is -1.08. The highest BCUT2D eigenvalue weighted by Gasteiger charge is 2.06. The Morgan fingerprint density at radius 3 is 2.79 bits per heavy atom. The highest BCUT2D eigenvalue weighted by atomic mass is 79.9. The van der Waals surface area contributed by atoms with Crippen LogP contribution in [-0.4, -0.2) is 35.0 Å². The predicted molar refractivity (Wildman–Crippen MR) is 75.8 cm³/mol. The summed E-state index contributed by atoms with van der Waals surface area (Å²) in [4.78, 5) is 21.8. The first-order valence-electron chi connectivity index (χ1n) is 5.49. The van der Waals surface area contributed by atoms with Gasteiger partial charge in [-0.1, -0.05) is 6.07 Å². The standard InChI is InChI=1S/C12H13BrFNO3S/c13-9-2-1-8(5-10(9)14)6-11(16)15-3-4-19-7-12(17)18/h1-2,5H,3-4,6-7H2,(H,15,16)(H,17,18). The Morgan fingerprint density at radius 1 is 1.42 bits per heavy atom. The van der Waals surface area contributed by atoms with Crippen LogP contribution in [0.4, 0.5) is 4.39 Å². The molecule has 0 atom stereocenters. The lowest BCUT2D eigenvalue weighted by molar-refractivity contribution is -0.133. The van der Waals surface area contributed by atoms with Gasteiger partial charge in [0.25, 0.3) is 0 Å². The molecular formula is C12H13BrFNO3S. The normalized spacial score (nSPS) is 10.2. The lowest BCUT2D eigenvalue weighted by Crippen LogP contribution is -2.27. The second-order valence-corrected chi connectivity index (χ2v) is 5.68. The number of carbonyl (C=O) groups is 2. The van der Waals surface area contributed by atoms with Crippen LogP contribution in [0.25, 0.3) is 0 Å². The van der Waals surface area contributed by atoms with Crippen LogP contribution >= 0.6 is 27.7 Å². The summed E-state index contributed by atoms with van der Waals surface area (Å²) in [7, 11) is 0. The van der Waals surface area contributed by atoms with E-state index in [1.807, 2.05) is 0 Å². The zero-order valence-electron chi connectivity index (χ0n) is 9.99. The summed E-state index contributed by atoms with van der Waals surface area (Å²) in [6.07, 6.45) is 0.105. The van der Waals surface area contributed by atoms with E-state index in [1.165, 1.54) is 17.8 Å². The molecule has 0 aromatic heterocycles. The third-order valence-electron chi connectivity index (χ3n) is 2.14. The Bertz CT molecular complexity index is 470. The van der Waals surface area contributed by atoms with E-state index in [9.17, 15) is 14.0 Å². The van der Waals surface area contributed by atoms with E-state index in [2.05, 4.69) is 21.2 Å². The molecule has 0 saturated heterocycles. The summed E-state index contributed by atoms with van der Waals surface area (Å²) >= 11 is 4.27. The van der Waals surface area contributed by atoms with Crippen LogP contribution in [0.5, 0.6) is 0 Å². The summed E-state index contributed by atoms with van der Waals surface area (Å²) in [5.41, 5.74) is 0.594. The van der Waals surface area contributed by atoms with E-state index in [0.29, 0.717) is 22.3 Å². The molecule has 1 amide bonds. The Balaban J connectivity index is 2.27. The van der Waals surface area contributed by atoms with E-state index in [0.717, 1.165) is 0 Å². The Morgan fingerprint density at radius 2 is 2.16 bits per heavy atom. The number of amides is 1. The zero-order chi connectivity index (χ0) is 14.3. The minimum Gasteiger partial charge on any atom is -0.481 e. The molecule has 0 heterocycles. The van der Waals surface area contributed by atoms with Crippen LogP contribution in [0.15, 0.2) is 22.7 Å². The van der Waals surface area contributed by atoms with Crippen molar-refractivity contribution in [2.24, 2.45) is 0 Å². The number of hydrogen-bond donors (Lipinski definition) is 2. The van der Waals surface area contributed by atoms with E-state index in [4.69, 9.17) is 5.11 Å². The number of nitrogens with one attached hydrogen (secondary N) is 1. The maximum atomic E-state index is 13.2. The van der Waals surface area contributed by atoms with Crippen molar-refractivity contribution in [1.29, 1.82) is 0 Å². The molecule has 104 valence electrons. The van der Waals surface area contributed by atoms with Crippen LogP contribution in [-0.2, 0) is 16.0 Å². The van der Waals surface area contributed by atoms with Crippen molar-refractivity contribution in [1.82, 2.24) is 5.32 Å². The van der Waals surface area contributed by atoms with Gasteiger partial charge >= 0.3 is 5.97 Å². The molecule has 2 N–H and O–H groups in total. The minimum absolute atomic E-state index is 0.0216. The van der Waals surface area contributed by atoms with Crippen molar-refractivity contribution >= 4 is 39.6 Å². The first kappa shape index (κ1) is 16.0. The first-order chi connectivity index (χ1) is 8.99. The molecule has 0 aliphatic heterocycles. The number of rotatable bonds is 7. The van der Waals surface area contributed by atoms with Crippen molar-refractivity contribution in [3.63, 3.8) is 0 Å². The van der Waals surface area contributed by atoms with E-state index in [-0.39, 0.29) is 18.1 Å². The van der Waals surface area contributed by atoms with Gasteiger partial charge in [0.1, 0.15) is 5.82 Å². The van der Waals surface area contributed by atoms with Gasteiger partial charge in [0.2, 0.25) is 5.91 Å². The molecule has 0 spiro atoms. The summed E-state index contributed by atoms with van der Waals surface area (Å²) in [6, 6.07) is 4.54. The smallest absolute Gasteiger partial charge is 0.313 e. The molecule has 0 aliphatic carbocycles. The monoisotopic (exact) mass is 349 g/mol. The average molecular weight is 350 g/mol. The zero-order valence-corrected chi connectivity index (χ0v) is 12.4. The maximum Gasteiger partial charge on any atom is 0.313 e. The molecule has 19 heavy (non-hydrogen) atoms. The average Bonchev–Trinajstić information content (AvgIpc) is 2.33. The van der Waals surface area contributed by atoms with Gasteiger partial charge in [-0.2, -0.15) is 0 Å². The molecule has 1 aromatic rings. The van der Waals surface area contributed by atoms with Crippen LogP contribution in [0, 0.1) is 5.82 Å². The molecule has 0 bridgehead atoms. The van der Waals surface area contributed by atoms with Gasteiger partial charge in [0.15, 0.2) is 0 Å². The van der Waals surface area contributed by atoms with Gasteiger partial charge in [0, 0.05) is 12.3 Å². The van der Waals surface area contributed by atoms with Crippen molar-refractivity contribution in [3.8, 4) is 0 Å². The van der Waals surface area contributed by atoms with Gasteiger partial charge in [-0.05, 0) is 33.6 Å². The van der Waals surface area contributed by atoms with Crippen LogP contribution < -0.4 is 5.32 Å². The topological polar surface area (TPSA) is 66.4 Å². The molecule has 7 heteroatoms. The van der Waals surface area contributed by atoms with Crippen molar-refractivity contribution in [2.75, 3.05) is 18.1 Å². The second-order valence-electron chi connectivity index (χ2n) is 3.72. The van der Waals surface area contributed by atoms with E-state index >= 15 is 0 Å². The van der Waals surface area contributed by atoms with Gasteiger partial charge < -0.3 is 10.4 Å². The van der Waals surface area contributed by atoms with Gasteiger partial charge in [-0.25, -0.2) is 4.39 Å². The summed E-state index contributed by atoms with van der Waals surface area (Å²) in [5, 5.41) is 11.1. The molecule has 0 saturated carbocycles. The minimum atomic E-state index is -0.873. The summed E-state index contributed by atoms with van der Waals surface area (Å²) in [5.74, 6) is -0.929. The maximum absolute atomic E-state index is 13.2. The van der Waals surface area contributed by atoms with Crippen molar-refractivity contribution in [2.45, 2.75) is 6.42 Å². The Kier molecular flexibility index (Phi) is 6.86. The second kappa shape index (κ2) is 8.16. The number of halogens is 2.